The zero-order valence-corrected chi connectivity index (χ0v) is 23.7. The minimum absolute atomic E-state index is 0.233. The van der Waals surface area contributed by atoms with E-state index in [-0.39, 0.29) is 4.90 Å². The molecular weight excluding hydrogens is 522 g/mol. The van der Waals surface area contributed by atoms with Crippen molar-refractivity contribution < 1.29 is 8.42 Å². The molecule has 0 radical (unpaired) electrons. The van der Waals surface area contributed by atoms with Crippen molar-refractivity contribution in [1.82, 2.24) is 14.7 Å². The molecule has 1 saturated carbocycles. The number of anilines is 2. The highest BCUT2D eigenvalue weighted by Crippen LogP contribution is 2.30. The molecule has 0 spiro atoms. The van der Waals surface area contributed by atoms with Gasteiger partial charge in [0.15, 0.2) is 0 Å². The van der Waals surface area contributed by atoms with Crippen molar-refractivity contribution in [2.75, 3.05) is 37.4 Å². The molecule has 4 aromatic rings. The zero-order valence-electron chi connectivity index (χ0n) is 22.9. The second kappa shape index (κ2) is 12.5. The lowest BCUT2D eigenvalue weighted by Crippen LogP contribution is -2.32. The highest BCUT2D eigenvalue weighted by molar-refractivity contribution is 7.89. The summed E-state index contributed by atoms with van der Waals surface area (Å²) in [6, 6.07) is 23.9. The first kappa shape index (κ1) is 27.7. The van der Waals surface area contributed by atoms with Crippen molar-refractivity contribution in [2.45, 2.75) is 30.6 Å². The molecule has 0 atom stereocenters. The quantitative estimate of drug-likeness (QED) is 0.221. The van der Waals surface area contributed by atoms with Gasteiger partial charge in [-0.05, 0) is 86.1 Å². The van der Waals surface area contributed by atoms with Gasteiger partial charge in [0.2, 0.25) is 16.0 Å². The highest BCUT2D eigenvalue weighted by atomic mass is 32.2. The third-order valence-corrected chi connectivity index (χ3v) is 8.71. The van der Waals surface area contributed by atoms with Crippen LogP contribution in [0.1, 0.15) is 25.7 Å². The number of azo groups is 1. The molecule has 1 heterocycles. The van der Waals surface area contributed by atoms with Crippen LogP contribution in [0.2, 0.25) is 0 Å². The van der Waals surface area contributed by atoms with Crippen LogP contribution in [0.5, 0.6) is 0 Å². The van der Waals surface area contributed by atoms with Gasteiger partial charge in [-0.2, -0.15) is 15.2 Å². The minimum Gasteiger partial charge on any atom is -0.362 e. The first-order valence-corrected chi connectivity index (χ1v) is 15.1. The Bertz CT molecular complexity index is 1550. The van der Waals surface area contributed by atoms with E-state index in [0.717, 1.165) is 54.6 Å². The number of sulfonamides is 1. The number of para-hydroxylation sites is 1. The Morgan fingerprint density at radius 2 is 1.38 bits per heavy atom. The van der Waals surface area contributed by atoms with Gasteiger partial charge < -0.3 is 10.2 Å². The molecule has 1 fully saturated rings. The maximum absolute atomic E-state index is 12.9. The summed E-state index contributed by atoms with van der Waals surface area (Å²) in [4.78, 5) is 11.7. The Labute approximate surface area is 235 Å². The van der Waals surface area contributed by atoms with Crippen molar-refractivity contribution in [3.05, 3.63) is 78.9 Å². The third kappa shape index (κ3) is 7.00. The summed E-state index contributed by atoms with van der Waals surface area (Å²) in [6.45, 7) is 1.25. The molecule has 40 heavy (non-hydrogen) atoms. The van der Waals surface area contributed by atoms with Gasteiger partial charge in [-0.25, -0.2) is 18.1 Å². The molecule has 0 amide bonds. The van der Waals surface area contributed by atoms with E-state index in [2.05, 4.69) is 20.3 Å². The van der Waals surface area contributed by atoms with Crippen LogP contribution in [-0.2, 0) is 10.0 Å². The first-order chi connectivity index (χ1) is 19.4. The molecule has 3 aromatic carbocycles. The number of nitrogens with zero attached hydrogens (tertiary/aromatic N) is 5. The number of nitrogens with one attached hydrogen (secondary N) is 2. The third-order valence-electron chi connectivity index (χ3n) is 7.27. The first-order valence-electron chi connectivity index (χ1n) is 13.6. The highest BCUT2D eigenvalue weighted by Gasteiger charge is 2.23. The molecule has 0 aliphatic heterocycles. The fraction of sp³-hybridized carbons (Fsp3) is 0.333. The van der Waals surface area contributed by atoms with Gasteiger partial charge in [0.1, 0.15) is 5.82 Å². The van der Waals surface area contributed by atoms with Crippen molar-refractivity contribution in [2.24, 2.45) is 22.1 Å². The fourth-order valence-electron chi connectivity index (χ4n) is 4.97. The van der Waals surface area contributed by atoms with Crippen LogP contribution in [0, 0.1) is 11.8 Å². The molecular formula is C30H35N7O2S. The van der Waals surface area contributed by atoms with E-state index < -0.39 is 10.0 Å². The molecule has 0 saturated heterocycles. The maximum Gasteiger partial charge on any atom is 0.240 e. The lowest BCUT2D eigenvalue weighted by Gasteiger charge is -2.28. The molecule has 1 aromatic heterocycles. The Morgan fingerprint density at radius 1 is 0.775 bits per heavy atom. The van der Waals surface area contributed by atoms with Gasteiger partial charge in [0, 0.05) is 32.6 Å². The predicted octanol–water partition coefficient (Wildman–Crippen LogP) is 6.31. The van der Waals surface area contributed by atoms with Crippen molar-refractivity contribution in [3.8, 4) is 0 Å². The number of benzene rings is 3. The number of hydrogen-bond donors (Lipinski definition) is 2. The molecule has 5 rings (SSSR count). The normalized spacial score (nSPS) is 17.8. The van der Waals surface area contributed by atoms with Crippen LogP contribution < -0.4 is 14.9 Å². The van der Waals surface area contributed by atoms with Crippen LogP contribution >= 0.6 is 0 Å². The Balaban J connectivity index is 1.09. The number of rotatable bonds is 10. The Hall–Kier alpha value is -3.89. The average molecular weight is 558 g/mol. The molecule has 9 nitrogen and oxygen atoms in total. The smallest absolute Gasteiger partial charge is 0.240 e. The maximum atomic E-state index is 12.9. The SMILES string of the molecule is CN(C)c1nc(NCC2CCC(CNS(=O)(=O)c3ccc(N=Nc4ccccc4)cc3)CC2)nc2ccccc12. The molecule has 1 aliphatic carbocycles. The minimum atomic E-state index is -3.59. The summed E-state index contributed by atoms with van der Waals surface area (Å²) < 4.78 is 28.5. The Morgan fingerprint density at radius 3 is 2.05 bits per heavy atom. The predicted molar refractivity (Wildman–Crippen MR) is 160 cm³/mol. The van der Waals surface area contributed by atoms with E-state index in [9.17, 15) is 8.42 Å². The van der Waals surface area contributed by atoms with Crippen LogP contribution in [0.4, 0.5) is 23.1 Å². The Kier molecular flexibility index (Phi) is 8.66. The van der Waals surface area contributed by atoms with Crippen molar-refractivity contribution in [3.63, 3.8) is 0 Å². The lowest BCUT2D eigenvalue weighted by molar-refractivity contribution is 0.284. The summed E-state index contributed by atoms with van der Waals surface area (Å²) in [5, 5.41) is 12.8. The van der Waals surface area contributed by atoms with Crippen LogP contribution in [-0.4, -0.2) is 45.6 Å². The largest absolute Gasteiger partial charge is 0.362 e. The van der Waals surface area contributed by atoms with Gasteiger partial charge in [0.05, 0.1) is 21.8 Å². The molecule has 2 N–H and O–H groups in total. The van der Waals surface area contributed by atoms with Gasteiger partial charge in [0.25, 0.3) is 0 Å². The molecule has 0 bridgehead atoms. The van der Waals surface area contributed by atoms with Crippen molar-refractivity contribution in [1.29, 1.82) is 0 Å². The van der Waals surface area contributed by atoms with Gasteiger partial charge in [-0.1, -0.05) is 30.3 Å². The number of hydrogen-bond acceptors (Lipinski definition) is 8. The standard InChI is InChI=1S/C30H35N7O2S/c1-37(2)29-27-10-6-7-11-28(27)33-30(34-29)31-20-22-12-14-23(15-13-22)21-32-40(38,39)26-18-16-25(17-19-26)36-35-24-8-4-3-5-9-24/h3-11,16-19,22-23,32H,12-15,20-21H2,1-2H3,(H,31,33,34). The fourth-order valence-corrected chi connectivity index (χ4v) is 6.08. The second-order valence-electron chi connectivity index (χ2n) is 10.4. The summed E-state index contributed by atoms with van der Waals surface area (Å²) in [6.07, 6.45) is 4.04. The molecule has 1 aliphatic rings. The van der Waals surface area contributed by atoms with Gasteiger partial charge >= 0.3 is 0 Å². The van der Waals surface area contributed by atoms with Crippen molar-refractivity contribution >= 4 is 44.1 Å². The molecule has 10 heteroatoms. The van der Waals surface area contributed by atoms with E-state index in [0.29, 0.717) is 30.0 Å². The summed E-state index contributed by atoms with van der Waals surface area (Å²) in [5.41, 5.74) is 2.26. The number of fused-ring (bicyclic) bond motifs is 1. The summed E-state index contributed by atoms with van der Waals surface area (Å²) in [5.74, 6) is 2.37. The second-order valence-corrected chi connectivity index (χ2v) is 12.2. The van der Waals surface area contributed by atoms with Gasteiger partial charge in [-0.15, -0.1) is 0 Å². The average Bonchev–Trinajstić information content (AvgIpc) is 2.98. The van der Waals surface area contributed by atoms with E-state index in [1.165, 1.54) is 0 Å². The zero-order chi connectivity index (χ0) is 28.0. The van der Waals surface area contributed by atoms with Crippen LogP contribution in [0.15, 0.2) is 94.0 Å². The van der Waals surface area contributed by atoms with E-state index in [1.807, 2.05) is 73.6 Å². The monoisotopic (exact) mass is 557 g/mol. The van der Waals surface area contributed by atoms with E-state index in [1.54, 1.807) is 24.3 Å². The lowest BCUT2D eigenvalue weighted by atomic mass is 9.82. The van der Waals surface area contributed by atoms with Gasteiger partial charge in [-0.3, -0.25) is 0 Å². The summed E-state index contributed by atoms with van der Waals surface area (Å²) >= 11 is 0. The molecule has 208 valence electrons. The van der Waals surface area contributed by atoms with E-state index in [4.69, 9.17) is 9.97 Å². The van der Waals surface area contributed by atoms with Crippen LogP contribution in [0.25, 0.3) is 10.9 Å². The summed E-state index contributed by atoms with van der Waals surface area (Å²) in [7, 11) is 0.389. The topological polar surface area (TPSA) is 112 Å². The number of aromatic nitrogens is 2. The van der Waals surface area contributed by atoms with E-state index >= 15 is 0 Å². The molecule has 0 unspecified atom stereocenters. The van der Waals surface area contributed by atoms with Crippen LogP contribution in [0.3, 0.4) is 0 Å².